The number of likely N-dealkylation sites (tertiary alicyclic amines) is 1. The van der Waals surface area contributed by atoms with E-state index in [0.717, 1.165) is 44.8 Å². The topological polar surface area (TPSA) is 70.1 Å². The maximum Gasteiger partial charge on any atom is 0.309 e. The number of hydrogen-bond donors (Lipinski definition) is 1. The number of morpholine rings is 1. The van der Waals surface area contributed by atoms with E-state index in [2.05, 4.69) is 4.90 Å². The molecule has 126 valence electrons. The molecule has 2 aliphatic heterocycles. The Balaban J connectivity index is 1.63. The van der Waals surface area contributed by atoms with Gasteiger partial charge >= 0.3 is 5.97 Å². The van der Waals surface area contributed by atoms with E-state index in [9.17, 15) is 14.7 Å². The highest BCUT2D eigenvalue weighted by atomic mass is 32.1. The molecule has 1 amide bonds. The predicted molar refractivity (Wildman–Crippen MR) is 86.4 cm³/mol. The smallest absolute Gasteiger partial charge is 0.309 e. The Morgan fingerprint density at radius 1 is 1.35 bits per heavy atom. The molecular weight excluding hydrogens is 316 g/mol. The fraction of sp³-hybridized carbons (Fsp3) is 0.625. The van der Waals surface area contributed by atoms with Crippen LogP contribution in [0.4, 0.5) is 0 Å². The number of thiophene rings is 1. The van der Waals surface area contributed by atoms with Crippen LogP contribution < -0.4 is 0 Å². The highest BCUT2D eigenvalue weighted by Crippen LogP contribution is 2.39. The van der Waals surface area contributed by atoms with E-state index in [1.54, 1.807) is 4.90 Å². The first-order chi connectivity index (χ1) is 11.2. The number of amides is 1. The molecule has 6 nitrogen and oxygen atoms in total. The van der Waals surface area contributed by atoms with E-state index in [1.807, 2.05) is 16.8 Å². The number of carbonyl (C=O) groups excluding carboxylic acids is 1. The highest BCUT2D eigenvalue weighted by molar-refractivity contribution is 7.08. The lowest BCUT2D eigenvalue weighted by Gasteiger charge is -2.29. The quantitative estimate of drug-likeness (QED) is 0.850. The maximum atomic E-state index is 12.3. The van der Waals surface area contributed by atoms with Gasteiger partial charge in [-0.3, -0.25) is 14.5 Å². The first-order valence-corrected chi connectivity index (χ1v) is 8.95. The Bertz CT molecular complexity index is 542. The van der Waals surface area contributed by atoms with Gasteiger partial charge in [0, 0.05) is 32.6 Å². The number of ether oxygens (including phenoxy) is 1. The normalized spacial score (nSPS) is 25.9. The third-order valence-corrected chi connectivity index (χ3v) is 5.31. The zero-order valence-corrected chi connectivity index (χ0v) is 13.8. The van der Waals surface area contributed by atoms with Gasteiger partial charge in [-0.25, -0.2) is 0 Å². The zero-order chi connectivity index (χ0) is 16.2. The molecule has 2 saturated heterocycles. The number of carbonyl (C=O) groups is 2. The molecular formula is C16H22N2O4S. The van der Waals surface area contributed by atoms with Crippen molar-refractivity contribution in [1.29, 1.82) is 0 Å². The van der Waals surface area contributed by atoms with Crippen molar-refractivity contribution in [2.75, 3.05) is 39.4 Å². The number of nitrogens with zero attached hydrogens (tertiary/aromatic N) is 2. The van der Waals surface area contributed by atoms with Gasteiger partial charge in [-0.15, -0.1) is 0 Å². The van der Waals surface area contributed by atoms with E-state index < -0.39 is 11.9 Å². The van der Waals surface area contributed by atoms with Gasteiger partial charge in [0.1, 0.15) is 0 Å². The van der Waals surface area contributed by atoms with Crippen LogP contribution in [0, 0.1) is 5.92 Å². The molecule has 1 aromatic heterocycles. The second-order valence-corrected chi connectivity index (χ2v) is 6.83. The molecule has 2 aliphatic rings. The van der Waals surface area contributed by atoms with E-state index in [-0.39, 0.29) is 18.4 Å². The van der Waals surface area contributed by atoms with Gasteiger partial charge in [0.05, 0.1) is 25.2 Å². The van der Waals surface area contributed by atoms with Crippen LogP contribution in [0.3, 0.4) is 0 Å². The first kappa shape index (κ1) is 16.4. The molecule has 1 N–H and O–H groups in total. The molecule has 3 heterocycles. The van der Waals surface area contributed by atoms with E-state index in [0.29, 0.717) is 6.54 Å². The summed E-state index contributed by atoms with van der Waals surface area (Å²) in [6, 6.07) is 1.61. The van der Waals surface area contributed by atoms with Crippen LogP contribution in [-0.4, -0.2) is 66.2 Å². The van der Waals surface area contributed by atoms with Crippen LogP contribution in [0.1, 0.15) is 24.4 Å². The third kappa shape index (κ3) is 3.73. The van der Waals surface area contributed by atoms with Crippen LogP contribution in [-0.2, 0) is 14.3 Å². The summed E-state index contributed by atoms with van der Waals surface area (Å²) in [5.74, 6) is -1.57. The Labute approximate surface area is 139 Å². The molecule has 0 radical (unpaired) electrons. The van der Waals surface area contributed by atoms with Crippen molar-refractivity contribution in [3.05, 3.63) is 22.4 Å². The fourth-order valence-electron chi connectivity index (χ4n) is 3.42. The molecule has 7 heteroatoms. The lowest BCUT2D eigenvalue weighted by Crippen LogP contribution is -2.38. The summed E-state index contributed by atoms with van der Waals surface area (Å²) in [6.45, 7) is 4.92. The summed E-state index contributed by atoms with van der Waals surface area (Å²) < 4.78 is 5.33. The van der Waals surface area contributed by atoms with Crippen molar-refractivity contribution in [2.45, 2.75) is 18.9 Å². The number of aliphatic carboxylic acids is 1. The first-order valence-electron chi connectivity index (χ1n) is 8.01. The van der Waals surface area contributed by atoms with Gasteiger partial charge in [0.25, 0.3) is 0 Å². The van der Waals surface area contributed by atoms with Gasteiger partial charge in [-0.1, -0.05) is 0 Å². The van der Waals surface area contributed by atoms with Crippen LogP contribution in [0.25, 0.3) is 0 Å². The summed E-state index contributed by atoms with van der Waals surface area (Å²) >= 11 is 1.54. The van der Waals surface area contributed by atoms with Crippen molar-refractivity contribution in [3.8, 4) is 0 Å². The summed E-state index contributed by atoms with van der Waals surface area (Å²) in [4.78, 5) is 27.9. The number of carboxylic acids is 1. The van der Waals surface area contributed by atoms with Gasteiger partial charge in [0.2, 0.25) is 5.91 Å². The van der Waals surface area contributed by atoms with Crippen molar-refractivity contribution in [1.82, 2.24) is 9.80 Å². The Morgan fingerprint density at radius 2 is 2.13 bits per heavy atom. The Morgan fingerprint density at radius 3 is 2.78 bits per heavy atom. The summed E-state index contributed by atoms with van der Waals surface area (Å²) in [5, 5.41) is 13.3. The fourth-order valence-corrected chi connectivity index (χ4v) is 4.11. The molecule has 3 rings (SSSR count). The summed E-state index contributed by atoms with van der Waals surface area (Å²) in [5.41, 5.74) is 0.944. The lowest BCUT2D eigenvalue weighted by atomic mass is 9.95. The van der Waals surface area contributed by atoms with Crippen LogP contribution in [0.2, 0.25) is 0 Å². The molecule has 0 unspecified atom stereocenters. The van der Waals surface area contributed by atoms with Crippen molar-refractivity contribution in [3.63, 3.8) is 0 Å². The van der Waals surface area contributed by atoms with Crippen LogP contribution in [0.5, 0.6) is 0 Å². The number of rotatable bonds is 6. The monoisotopic (exact) mass is 338 g/mol. The minimum Gasteiger partial charge on any atom is -0.481 e. The largest absolute Gasteiger partial charge is 0.481 e. The second kappa shape index (κ2) is 7.42. The molecule has 0 aromatic carbocycles. The SMILES string of the molecule is O=C(O)[C@@H]1CC(=O)N(CCCN2CCOCC2)[C@H]1c1ccsc1. The van der Waals surface area contributed by atoms with E-state index >= 15 is 0 Å². The standard InChI is InChI=1S/C16H22N2O4S/c19-14-10-13(16(20)21)15(12-2-9-23-11-12)18(14)4-1-3-17-5-7-22-8-6-17/h2,9,11,13,15H,1,3-8,10H2,(H,20,21)/t13-,15+/m1/s1. The van der Waals surface area contributed by atoms with Crippen molar-refractivity contribution < 1.29 is 19.4 Å². The molecule has 0 saturated carbocycles. The second-order valence-electron chi connectivity index (χ2n) is 6.05. The average molecular weight is 338 g/mol. The highest BCUT2D eigenvalue weighted by Gasteiger charge is 2.44. The van der Waals surface area contributed by atoms with Gasteiger partial charge in [-0.05, 0) is 28.8 Å². The average Bonchev–Trinajstić information content (AvgIpc) is 3.17. The Kier molecular flexibility index (Phi) is 5.30. The van der Waals surface area contributed by atoms with Gasteiger partial charge in [0.15, 0.2) is 0 Å². The predicted octanol–water partition coefficient (Wildman–Crippen LogP) is 1.44. The molecule has 0 bridgehead atoms. The molecule has 2 fully saturated rings. The lowest BCUT2D eigenvalue weighted by molar-refractivity contribution is -0.142. The number of hydrogen-bond acceptors (Lipinski definition) is 5. The molecule has 23 heavy (non-hydrogen) atoms. The van der Waals surface area contributed by atoms with Gasteiger partial charge < -0.3 is 14.7 Å². The molecule has 0 spiro atoms. The molecule has 0 aliphatic carbocycles. The number of carboxylic acid groups (broad SMARTS) is 1. The van der Waals surface area contributed by atoms with Crippen molar-refractivity contribution >= 4 is 23.2 Å². The Hall–Kier alpha value is -1.44. The maximum absolute atomic E-state index is 12.3. The van der Waals surface area contributed by atoms with Gasteiger partial charge in [-0.2, -0.15) is 11.3 Å². The summed E-state index contributed by atoms with van der Waals surface area (Å²) in [6.07, 6.45) is 0.964. The minimum absolute atomic E-state index is 0.0458. The summed E-state index contributed by atoms with van der Waals surface area (Å²) in [7, 11) is 0. The zero-order valence-electron chi connectivity index (χ0n) is 13.0. The van der Waals surface area contributed by atoms with Crippen LogP contribution in [0.15, 0.2) is 16.8 Å². The minimum atomic E-state index is -0.884. The van der Waals surface area contributed by atoms with Crippen LogP contribution >= 0.6 is 11.3 Å². The van der Waals surface area contributed by atoms with E-state index in [1.165, 1.54) is 11.3 Å². The molecule has 1 aromatic rings. The van der Waals surface area contributed by atoms with E-state index in [4.69, 9.17) is 4.74 Å². The van der Waals surface area contributed by atoms with Crippen molar-refractivity contribution in [2.24, 2.45) is 5.92 Å². The third-order valence-electron chi connectivity index (χ3n) is 4.61. The molecule has 2 atom stereocenters.